The van der Waals surface area contributed by atoms with Crippen LogP contribution in [-0.4, -0.2) is 31.1 Å². The van der Waals surface area contributed by atoms with E-state index in [9.17, 15) is 0 Å². The quantitative estimate of drug-likeness (QED) is 0.809. The minimum Gasteiger partial charge on any atom is -0.490 e. The molecule has 0 amide bonds. The van der Waals surface area contributed by atoms with E-state index in [1.807, 2.05) is 0 Å². The third-order valence-corrected chi connectivity index (χ3v) is 4.24. The smallest absolute Gasteiger partial charge is 0.120 e. The third kappa shape index (κ3) is 2.69. The SMILES string of the molecule is Cc1ccc(OC2CC2)cc1C1CCN(C)CC1. The molecule has 1 aromatic carbocycles. The van der Waals surface area contributed by atoms with Crippen molar-refractivity contribution in [3.63, 3.8) is 0 Å². The van der Waals surface area contributed by atoms with Crippen molar-refractivity contribution in [2.75, 3.05) is 20.1 Å². The minimum absolute atomic E-state index is 0.498. The van der Waals surface area contributed by atoms with Crippen molar-refractivity contribution in [3.8, 4) is 5.75 Å². The molecule has 2 nitrogen and oxygen atoms in total. The molecule has 0 aromatic heterocycles. The van der Waals surface area contributed by atoms with Gasteiger partial charge in [0, 0.05) is 0 Å². The van der Waals surface area contributed by atoms with Gasteiger partial charge in [-0.2, -0.15) is 0 Å². The fourth-order valence-corrected chi connectivity index (χ4v) is 2.83. The number of piperidine rings is 1. The van der Waals surface area contributed by atoms with Gasteiger partial charge in [0.2, 0.25) is 0 Å². The van der Waals surface area contributed by atoms with E-state index in [1.54, 1.807) is 0 Å². The van der Waals surface area contributed by atoms with Gasteiger partial charge in [-0.25, -0.2) is 0 Å². The van der Waals surface area contributed by atoms with E-state index in [0.29, 0.717) is 6.10 Å². The highest BCUT2D eigenvalue weighted by molar-refractivity contribution is 5.37. The number of hydrogen-bond acceptors (Lipinski definition) is 2. The fraction of sp³-hybridized carbons (Fsp3) is 0.625. The van der Waals surface area contributed by atoms with E-state index >= 15 is 0 Å². The van der Waals surface area contributed by atoms with Crippen LogP contribution >= 0.6 is 0 Å². The number of likely N-dealkylation sites (tertiary alicyclic amines) is 1. The van der Waals surface area contributed by atoms with Crippen LogP contribution in [0.1, 0.15) is 42.7 Å². The van der Waals surface area contributed by atoms with Crippen molar-refractivity contribution >= 4 is 0 Å². The largest absolute Gasteiger partial charge is 0.490 e. The Labute approximate surface area is 110 Å². The average Bonchev–Trinajstić information content (AvgIpc) is 3.17. The summed E-state index contributed by atoms with van der Waals surface area (Å²) >= 11 is 0. The summed E-state index contributed by atoms with van der Waals surface area (Å²) in [5, 5.41) is 0. The lowest BCUT2D eigenvalue weighted by atomic mass is 9.87. The molecule has 0 atom stereocenters. The van der Waals surface area contributed by atoms with Gasteiger partial charge in [0.05, 0.1) is 6.10 Å². The second-order valence-corrected chi connectivity index (χ2v) is 5.91. The lowest BCUT2D eigenvalue weighted by molar-refractivity contribution is 0.254. The molecule has 98 valence electrons. The molecular weight excluding hydrogens is 222 g/mol. The normalized spacial score (nSPS) is 22.1. The number of hydrogen-bond donors (Lipinski definition) is 0. The van der Waals surface area contributed by atoms with Crippen LogP contribution in [0.15, 0.2) is 18.2 Å². The van der Waals surface area contributed by atoms with Crippen LogP contribution in [0.3, 0.4) is 0 Å². The summed E-state index contributed by atoms with van der Waals surface area (Å²) in [5.41, 5.74) is 2.94. The number of nitrogens with zero attached hydrogens (tertiary/aromatic N) is 1. The van der Waals surface area contributed by atoms with E-state index < -0.39 is 0 Å². The molecule has 1 aromatic rings. The first kappa shape index (κ1) is 12.0. The summed E-state index contributed by atoms with van der Waals surface area (Å²) in [6.45, 7) is 4.67. The number of ether oxygens (including phenoxy) is 1. The highest BCUT2D eigenvalue weighted by Gasteiger charge is 2.25. The summed E-state index contributed by atoms with van der Waals surface area (Å²) < 4.78 is 5.92. The van der Waals surface area contributed by atoms with Gasteiger partial charge in [0.25, 0.3) is 0 Å². The Balaban J connectivity index is 1.76. The van der Waals surface area contributed by atoms with Crippen LogP contribution in [0.4, 0.5) is 0 Å². The highest BCUT2D eigenvalue weighted by atomic mass is 16.5. The van der Waals surface area contributed by atoms with Gasteiger partial charge in [-0.3, -0.25) is 0 Å². The predicted molar refractivity (Wildman–Crippen MR) is 74.3 cm³/mol. The van der Waals surface area contributed by atoms with Gasteiger partial charge in [-0.15, -0.1) is 0 Å². The molecule has 1 aliphatic heterocycles. The van der Waals surface area contributed by atoms with Crippen LogP contribution in [0.25, 0.3) is 0 Å². The van der Waals surface area contributed by atoms with Gasteiger partial charge in [-0.05, 0) is 81.9 Å². The molecule has 1 saturated heterocycles. The van der Waals surface area contributed by atoms with Crippen molar-refractivity contribution in [1.29, 1.82) is 0 Å². The van der Waals surface area contributed by atoms with Gasteiger partial charge < -0.3 is 9.64 Å². The highest BCUT2D eigenvalue weighted by Crippen LogP contribution is 2.34. The van der Waals surface area contributed by atoms with Gasteiger partial charge in [0.1, 0.15) is 5.75 Å². The molecule has 1 saturated carbocycles. The Morgan fingerprint density at radius 3 is 2.50 bits per heavy atom. The van der Waals surface area contributed by atoms with Gasteiger partial charge >= 0.3 is 0 Å². The van der Waals surface area contributed by atoms with Gasteiger partial charge in [-0.1, -0.05) is 6.07 Å². The maximum absolute atomic E-state index is 5.92. The van der Waals surface area contributed by atoms with E-state index in [2.05, 4.69) is 37.1 Å². The fourth-order valence-electron chi connectivity index (χ4n) is 2.83. The molecule has 2 heteroatoms. The summed E-state index contributed by atoms with van der Waals surface area (Å²) in [7, 11) is 2.22. The molecule has 2 fully saturated rings. The molecule has 18 heavy (non-hydrogen) atoms. The summed E-state index contributed by atoms with van der Waals surface area (Å²) in [4.78, 5) is 2.43. The van der Waals surface area contributed by atoms with E-state index in [0.717, 1.165) is 11.7 Å². The van der Waals surface area contributed by atoms with Crippen molar-refractivity contribution in [3.05, 3.63) is 29.3 Å². The second kappa shape index (κ2) is 4.93. The first-order chi connectivity index (χ1) is 8.72. The minimum atomic E-state index is 0.498. The third-order valence-electron chi connectivity index (χ3n) is 4.24. The average molecular weight is 245 g/mol. The van der Waals surface area contributed by atoms with Crippen molar-refractivity contribution in [2.45, 2.75) is 44.6 Å². The van der Waals surface area contributed by atoms with E-state index in [1.165, 1.54) is 49.9 Å². The monoisotopic (exact) mass is 245 g/mol. The summed E-state index contributed by atoms with van der Waals surface area (Å²) in [6.07, 6.45) is 5.53. The zero-order valence-electron chi connectivity index (χ0n) is 11.5. The maximum atomic E-state index is 5.92. The number of rotatable bonds is 3. The van der Waals surface area contributed by atoms with Crippen molar-refractivity contribution in [1.82, 2.24) is 4.90 Å². The molecule has 0 spiro atoms. The standard InChI is InChI=1S/C16H23NO/c1-12-3-4-15(18-14-5-6-14)11-16(12)13-7-9-17(2)10-8-13/h3-4,11,13-14H,5-10H2,1-2H3. The first-order valence-corrected chi connectivity index (χ1v) is 7.18. The van der Waals surface area contributed by atoms with Crippen LogP contribution in [0.5, 0.6) is 5.75 Å². The molecule has 3 rings (SSSR count). The number of aryl methyl sites for hydroxylation is 1. The molecule has 0 unspecified atom stereocenters. The Hall–Kier alpha value is -1.02. The molecule has 1 aliphatic carbocycles. The molecule has 0 N–H and O–H groups in total. The summed E-state index contributed by atoms with van der Waals surface area (Å²) in [6, 6.07) is 6.65. The van der Waals surface area contributed by atoms with Crippen LogP contribution in [-0.2, 0) is 0 Å². The van der Waals surface area contributed by atoms with Crippen LogP contribution in [0.2, 0.25) is 0 Å². The van der Waals surface area contributed by atoms with Crippen molar-refractivity contribution in [2.24, 2.45) is 0 Å². The lowest BCUT2D eigenvalue weighted by Gasteiger charge is -2.30. The zero-order chi connectivity index (χ0) is 12.5. The Bertz CT molecular complexity index is 417. The Kier molecular flexibility index (Phi) is 3.29. The van der Waals surface area contributed by atoms with Crippen LogP contribution < -0.4 is 4.74 Å². The van der Waals surface area contributed by atoms with E-state index in [-0.39, 0.29) is 0 Å². The summed E-state index contributed by atoms with van der Waals surface area (Å²) in [5.74, 6) is 1.81. The van der Waals surface area contributed by atoms with Crippen LogP contribution in [0, 0.1) is 6.92 Å². The van der Waals surface area contributed by atoms with E-state index in [4.69, 9.17) is 4.74 Å². The second-order valence-electron chi connectivity index (χ2n) is 5.91. The van der Waals surface area contributed by atoms with Gasteiger partial charge in [0.15, 0.2) is 0 Å². The van der Waals surface area contributed by atoms with Crippen molar-refractivity contribution < 1.29 is 4.74 Å². The molecule has 1 heterocycles. The lowest BCUT2D eigenvalue weighted by Crippen LogP contribution is -2.29. The zero-order valence-corrected chi connectivity index (χ0v) is 11.5. The Morgan fingerprint density at radius 1 is 1.11 bits per heavy atom. The number of benzene rings is 1. The molecule has 0 bridgehead atoms. The first-order valence-electron chi connectivity index (χ1n) is 7.18. The molecule has 0 radical (unpaired) electrons. The molecule has 2 aliphatic rings. The molecular formula is C16H23NO. The Morgan fingerprint density at radius 2 is 1.83 bits per heavy atom. The predicted octanol–water partition coefficient (Wildman–Crippen LogP) is 3.35. The topological polar surface area (TPSA) is 12.5 Å². The maximum Gasteiger partial charge on any atom is 0.120 e.